The van der Waals surface area contributed by atoms with E-state index in [2.05, 4.69) is 5.32 Å². The molecule has 8 nitrogen and oxygen atoms in total. The fourth-order valence-corrected chi connectivity index (χ4v) is 3.08. The zero-order chi connectivity index (χ0) is 20.3. The summed E-state index contributed by atoms with van der Waals surface area (Å²) in [7, 11) is 0. The number of imidazole rings is 1. The summed E-state index contributed by atoms with van der Waals surface area (Å²) < 4.78 is 17.0. The molecule has 0 bridgehead atoms. The number of amides is 1. The third kappa shape index (κ3) is 3.78. The molecule has 3 rings (SSSR count). The lowest BCUT2D eigenvalue weighted by Crippen LogP contribution is -2.26. The summed E-state index contributed by atoms with van der Waals surface area (Å²) in [5.74, 6) is -1.31. The molecule has 1 heterocycles. The Hall–Kier alpha value is -3.49. The summed E-state index contributed by atoms with van der Waals surface area (Å²) in [6, 6.07) is 10.2. The van der Waals surface area contributed by atoms with E-state index >= 15 is 0 Å². The van der Waals surface area contributed by atoms with Crippen LogP contribution < -0.4 is 11.0 Å². The molecule has 0 aliphatic heterocycles. The lowest BCUT2D eigenvalue weighted by molar-refractivity contribution is -0.384. The van der Waals surface area contributed by atoms with Crippen LogP contribution in [0.1, 0.15) is 19.8 Å². The molecule has 0 radical (unpaired) electrons. The van der Waals surface area contributed by atoms with Crippen LogP contribution in [-0.4, -0.2) is 20.0 Å². The number of fused-ring (bicyclic) bond motifs is 1. The topological polar surface area (TPSA) is 99.2 Å². The molecule has 0 unspecified atom stereocenters. The van der Waals surface area contributed by atoms with Crippen LogP contribution in [0.3, 0.4) is 0 Å². The largest absolute Gasteiger partial charge is 0.329 e. The van der Waals surface area contributed by atoms with E-state index in [0.29, 0.717) is 6.54 Å². The number of rotatable bonds is 7. The Labute approximate surface area is 159 Å². The van der Waals surface area contributed by atoms with Crippen molar-refractivity contribution in [3.63, 3.8) is 0 Å². The second-order valence-corrected chi connectivity index (χ2v) is 6.29. The maximum atomic E-state index is 13.8. The molecule has 0 spiro atoms. The molecule has 2 aromatic carbocycles. The first kappa shape index (κ1) is 19.3. The van der Waals surface area contributed by atoms with Crippen LogP contribution in [0.15, 0.2) is 47.3 Å². The number of hydrogen-bond acceptors (Lipinski definition) is 4. The molecule has 0 atom stereocenters. The summed E-state index contributed by atoms with van der Waals surface area (Å²) in [6.45, 7) is 2.65. The van der Waals surface area contributed by atoms with E-state index in [1.807, 2.05) is 25.1 Å². The molecule has 0 fully saturated rings. The number of para-hydroxylation sites is 2. The molecule has 9 heteroatoms. The van der Waals surface area contributed by atoms with Crippen LogP contribution in [-0.2, 0) is 17.9 Å². The quantitative estimate of drug-likeness (QED) is 0.497. The average Bonchev–Trinajstić information content (AvgIpc) is 2.93. The number of anilines is 1. The number of nitro benzene ring substituents is 1. The standard InChI is InChI=1S/C19H19FN4O4/c1-2-10-22-16-5-3-4-6-17(16)23(19(22)26)11-9-18(25)21-15-12-13(24(27)28)7-8-14(15)20/h3-8,12H,2,9-11H2,1H3,(H,21,25). The zero-order valence-electron chi connectivity index (χ0n) is 15.2. The molecule has 0 saturated heterocycles. The molecule has 1 aromatic heterocycles. The van der Waals surface area contributed by atoms with E-state index in [1.54, 1.807) is 10.6 Å². The summed E-state index contributed by atoms with van der Waals surface area (Å²) in [4.78, 5) is 35.1. The fraction of sp³-hybridized carbons (Fsp3) is 0.263. The smallest absolute Gasteiger partial charge is 0.323 e. The van der Waals surface area contributed by atoms with Crippen molar-refractivity contribution in [3.8, 4) is 0 Å². The van der Waals surface area contributed by atoms with Gasteiger partial charge in [-0.2, -0.15) is 0 Å². The maximum Gasteiger partial charge on any atom is 0.329 e. The molecule has 1 N–H and O–H groups in total. The molecule has 0 aliphatic rings. The van der Waals surface area contributed by atoms with Gasteiger partial charge in [-0.25, -0.2) is 9.18 Å². The minimum Gasteiger partial charge on any atom is -0.323 e. The van der Waals surface area contributed by atoms with Gasteiger partial charge in [0.25, 0.3) is 5.69 Å². The Balaban J connectivity index is 1.79. The predicted octanol–water partition coefficient (Wildman–Crippen LogP) is 3.29. The molecule has 0 saturated carbocycles. The number of carbonyl (C=O) groups is 1. The summed E-state index contributed by atoms with van der Waals surface area (Å²) in [5.41, 5.74) is 0.711. The number of nitrogens with one attached hydrogen (secondary N) is 1. The van der Waals surface area contributed by atoms with Gasteiger partial charge >= 0.3 is 5.69 Å². The van der Waals surface area contributed by atoms with Crippen LogP contribution >= 0.6 is 0 Å². The van der Waals surface area contributed by atoms with Gasteiger partial charge in [-0.3, -0.25) is 24.0 Å². The first-order chi connectivity index (χ1) is 13.4. The monoisotopic (exact) mass is 386 g/mol. The molecule has 28 heavy (non-hydrogen) atoms. The number of carbonyl (C=O) groups excluding carboxylic acids is 1. The van der Waals surface area contributed by atoms with Crippen LogP contribution in [0.2, 0.25) is 0 Å². The van der Waals surface area contributed by atoms with E-state index in [0.717, 1.165) is 35.7 Å². The summed E-state index contributed by atoms with van der Waals surface area (Å²) in [6.07, 6.45) is 0.711. The van der Waals surface area contributed by atoms with Crippen molar-refractivity contribution in [2.24, 2.45) is 0 Å². The van der Waals surface area contributed by atoms with Crippen molar-refractivity contribution in [1.82, 2.24) is 9.13 Å². The number of hydrogen-bond donors (Lipinski definition) is 1. The first-order valence-electron chi connectivity index (χ1n) is 8.84. The maximum absolute atomic E-state index is 13.8. The molecule has 0 aliphatic carbocycles. The lowest BCUT2D eigenvalue weighted by Gasteiger charge is -2.07. The highest BCUT2D eigenvalue weighted by molar-refractivity contribution is 5.91. The fourth-order valence-electron chi connectivity index (χ4n) is 3.08. The van der Waals surface area contributed by atoms with E-state index in [-0.39, 0.29) is 30.0 Å². The molecule has 1 amide bonds. The normalized spacial score (nSPS) is 10.9. The molecule has 3 aromatic rings. The van der Waals surface area contributed by atoms with Gasteiger partial charge in [0.05, 0.1) is 21.6 Å². The average molecular weight is 386 g/mol. The number of nitrogens with zero attached hydrogens (tertiary/aromatic N) is 3. The Morgan fingerprint density at radius 3 is 2.39 bits per heavy atom. The zero-order valence-corrected chi connectivity index (χ0v) is 15.2. The Bertz CT molecular complexity index is 1100. The Morgan fingerprint density at radius 2 is 1.79 bits per heavy atom. The number of aromatic nitrogens is 2. The molecule has 146 valence electrons. The highest BCUT2D eigenvalue weighted by Gasteiger charge is 2.16. The summed E-state index contributed by atoms with van der Waals surface area (Å²) in [5, 5.41) is 13.1. The van der Waals surface area contributed by atoms with Crippen LogP contribution in [0.5, 0.6) is 0 Å². The highest BCUT2D eigenvalue weighted by atomic mass is 19.1. The van der Waals surface area contributed by atoms with Gasteiger partial charge in [-0.15, -0.1) is 0 Å². The van der Waals surface area contributed by atoms with Crippen molar-refractivity contribution >= 4 is 28.3 Å². The van der Waals surface area contributed by atoms with Crippen LogP contribution in [0.4, 0.5) is 15.8 Å². The Morgan fingerprint density at radius 1 is 1.14 bits per heavy atom. The second kappa shape index (κ2) is 8.03. The van der Waals surface area contributed by atoms with Gasteiger partial charge in [-0.1, -0.05) is 19.1 Å². The minimum absolute atomic E-state index is 0.0812. The lowest BCUT2D eigenvalue weighted by atomic mass is 10.2. The predicted molar refractivity (Wildman–Crippen MR) is 103 cm³/mol. The number of non-ortho nitro benzene ring substituents is 1. The van der Waals surface area contributed by atoms with E-state index in [4.69, 9.17) is 0 Å². The van der Waals surface area contributed by atoms with E-state index < -0.39 is 16.6 Å². The first-order valence-corrected chi connectivity index (χ1v) is 8.84. The van der Waals surface area contributed by atoms with Gasteiger partial charge < -0.3 is 5.32 Å². The highest BCUT2D eigenvalue weighted by Crippen LogP contribution is 2.21. The Kier molecular flexibility index (Phi) is 5.53. The van der Waals surface area contributed by atoms with Crippen molar-refractivity contribution < 1.29 is 14.1 Å². The van der Waals surface area contributed by atoms with Gasteiger partial charge in [-0.05, 0) is 24.6 Å². The van der Waals surface area contributed by atoms with Crippen molar-refractivity contribution in [3.05, 3.63) is 68.9 Å². The van der Waals surface area contributed by atoms with Gasteiger partial charge in [0, 0.05) is 31.6 Å². The van der Waals surface area contributed by atoms with Crippen molar-refractivity contribution in [1.29, 1.82) is 0 Å². The van der Waals surface area contributed by atoms with Crippen LogP contribution in [0, 0.1) is 15.9 Å². The van der Waals surface area contributed by atoms with E-state index in [1.165, 1.54) is 4.57 Å². The number of aryl methyl sites for hydroxylation is 2. The van der Waals surface area contributed by atoms with E-state index in [9.17, 15) is 24.1 Å². The SMILES string of the molecule is CCCn1c(=O)n(CCC(=O)Nc2cc([N+](=O)[O-])ccc2F)c2ccccc21. The number of nitro groups is 1. The number of benzene rings is 2. The molecular formula is C19H19FN4O4. The van der Waals surface area contributed by atoms with Crippen molar-refractivity contribution in [2.45, 2.75) is 32.9 Å². The molecular weight excluding hydrogens is 367 g/mol. The van der Waals surface area contributed by atoms with Crippen LogP contribution in [0.25, 0.3) is 11.0 Å². The second-order valence-electron chi connectivity index (χ2n) is 6.29. The van der Waals surface area contributed by atoms with Gasteiger partial charge in [0.15, 0.2) is 0 Å². The van der Waals surface area contributed by atoms with Gasteiger partial charge in [0.1, 0.15) is 5.82 Å². The third-order valence-electron chi connectivity index (χ3n) is 4.37. The van der Waals surface area contributed by atoms with Crippen molar-refractivity contribution in [2.75, 3.05) is 5.32 Å². The summed E-state index contributed by atoms with van der Waals surface area (Å²) >= 11 is 0. The number of halogens is 1. The minimum atomic E-state index is -0.768. The van der Waals surface area contributed by atoms with Gasteiger partial charge in [0.2, 0.25) is 5.91 Å². The third-order valence-corrected chi connectivity index (χ3v) is 4.37.